The largest absolute Gasteiger partial charge is 0.495 e. The number of rotatable bonds is 4. The van der Waals surface area contributed by atoms with Crippen molar-refractivity contribution in [3.05, 3.63) is 23.2 Å². The van der Waals surface area contributed by atoms with Gasteiger partial charge in [0.05, 0.1) is 36.4 Å². The van der Waals surface area contributed by atoms with Gasteiger partial charge in [-0.05, 0) is 19.9 Å². The Morgan fingerprint density at radius 2 is 2.11 bits per heavy atom. The Morgan fingerprint density at radius 1 is 1.50 bits per heavy atom. The molecule has 1 rings (SSSR count). The van der Waals surface area contributed by atoms with Crippen LogP contribution in [-0.4, -0.2) is 25.4 Å². The molecule has 0 saturated heterocycles. The average Bonchev–Trinajstić information content (AvgIpc) is 2.27. The molecule has 0 spiro atoms. The zero-order valence-corrected chi connectivity index (χ0v) is 12.5. The summed E-state index contributed by atoms with van der Waals surface area (Å²) < 4.78 is 5.04. The fourth-order valence-corrected chi connectivity index (χ4v) is 3.02. The van der Waals surface area contributed by atoms with E-state index in [1.165, 1.54) is 11.9 Å². The van der Waals surface area contributed by atoms with Crippen molar-refractivity contribution in [3.8, 4) is 5.75 Å². The molecule has 1 unspecified atom stereocenters. The number of primary amides is 1. The number of methoxy groups -OCH3 is 1. The van der Waals surface area contributed by atoms with Gasteiger partial charge in [0.15, 0.2) is 5.69 Å². The lowest BCUT2D eigenvalue weighted by Crippen LogP contribution is -2.48. The van der Waals surface area contributed by atoms with E-state index in [9.17, 15) is 4.79 Å². The van der Waals surface area contributed by atoms with Crippen molar-refractivity contribution in [2.24, 2.45) is 5.73 Å². The molecule has 0 heterocycles. The van der Waals surface area contributed by atoms with Crippen LogP contribution in [0, 0.1) is 0 Å². The van der Waals surface area contributed by atoms with E-state index >= 15 is 0 Å². The van der Waals surface area contributed by atoms with E-state index in [4.69, 9.17) is 22.1 Å². The van der Waals surface area contributed by atoms with E-state index in [1.807, 2.05) is 13.8 Å². The molecule has 1 aromatic rings. The Bertz CT molecular complexity index is 454. The van der Waals surface area contributed by atoms with Gasteiger partial charge in [-0.25, -0.2) is 4.79 Å². The molecule has 0 aliphatic heterocycles. The molecule has 18 heavy (non-hydrogen) atoms. The number of nitrogens with two attached hydrogens (primary N) is 1. The maximum absolute atomic E-state index is 11.7. The third kappa shape index (κ3) is 3.10. The quantitative estimate of drug-likeness (QED) is 0.682. The van der Waals surface area contributed by atoms with Crippen LogP contribution in [0.25, 0.3) is 0 Å². The van der Waals surface area contributed by atoms with Gasteiger partial charge in [-0.1, -0.05) is 11.6 Å². The summed E-state index contributed by atoms with van der Waals surface area (Å²) in [5.74, 6) is 0.575. The Labute approximate surface area is 117 Å². The molecule has 0 fully saturated rings. The molecule has 4 nitrogen and oxygen atoms in total. The number of amides is 2. The van der Waals surface area contributed by atoms with E-state index < -0.39 is 6.03 Å². The van der Waals surface area contributed by atoms with Gasteiger partial charge in [-0.15, -0.1) is 0 Å². The molecule has 0 saturated carbocycles. The van der Waals surface area contributed by atoms with Crippen molar-refractivity contribution < 1.29 is 9.53 Å². The van der Waals surface area contributed by atoms with Gasteiger partial charge in [0, 0.05) is 12.1 Å². The third-order valence-electron chi connectivity index (χ3n) is 2.47. The summed E-state index contributed by atoms with van der Waals surface area (Å²) >= 11 is 7.53. The van der Waals surface area contributed by atoms with Gasteiger partial charge in [-0.3, -0.25) is 0 Å². The van der Waals surface area contributed by atoms with Gasteiger partial charge in [0.2, 0.25) is 0 Å². The lowest BCUT2D eigenvalue weighted by atomic mass is 10.3. The van der Waals surface area contributed by atoms with E-state index in [0.29, 0.717) is 10.8 Å². The van der Waals surface area contributed by atoms with E-state index in [2.05, 4.69) is 0 Å². The number of benzene rings is 1. The van der Waals surface area contributed by atoms with Crippen LogP contribution in [0.2, 0.25) is 5.02 Å². The second-order valence-corrected chi connectivity index (χ2v) is 6.53. The Morgan fingerprint density at radius 3 is 2.50 bits per heavy atom. The first kappa shape index (κ1) is 15.1. The predicted octanol–water partition coefficient (Wildman–Crippen LogP) is 3.42. The van der Waals surface area contributed by atoms with Crippen LogP contribution >= 0.6 is 23.5 Å². The summed E-state index contributed by atoms with van der Waals surface area (Å²) in [7, 11) is 3.30. The highest BCUT2D eigenvalue weighted by Crippen LogP contribution is 2.37. The monoisotopic (exact) mass is 289 g/mol. The molecule has 2 amide bonds. The van der Waals surface area contributed by atoms with Crippen LogP contribution in [0.5, 0.6) is 5.75 Å². The molecular formula is C12H18ClN2O2S+. The second-order valence-electron chi connectivity index (χ2n) is 4.24. The molecule has 2 N–H and O–H groups in total. The number of ether oxygens (including phenoxy) is 1. The van der Waals surface area contributed by atoms with Crippen LogP contribution in [-0.2, 0) is 0 Å². The number of carbonyl (C=O) groups excluding carboxylic acids is 1. The first-order chi connectivity index (χ1) is 8.31. The summed E-state index contributed by atoms with van der Waals surface area (Å²) in [6.07, 6.45) is 0. The van der Waals surface area contributed by atoms with Gasteiger partial charge < -0.3 is 10.5 Å². The molecule has 0 aliphatic carbocycles. The molecule has 1 atom stereocenters. The lowest BCUT2D eigenvalue weighted by molar-refractivity contribution is 0.239. The number of urea groups is 1. The number of hydrogen-bond acceptors (Lipinski definition) is 3. The molecule has 100 valence electrons. The number of hydrogen-bond donors (Lipinski definition) is 1. The van der Waals surface area contributed by atoms with Crippen LogP contribution in [0.1, 0.15) is 13.8 Å². The number of quaternary nitrogens is 1. The van der Waals surface area contributed by atoms with E-state index in [1.54, 1.807) is 32.4 Å². The Hall–Kier alpha value is -0.910. The van der Waals surface area contributed by atoms with Crippen molar-refractivity contribution in [1.29, 1.82) is 0 Å². The predicted molar refractivity (Wildman–Crippen MR) is 78.0 cm³/mol. The van der Waals surface area contributed by atoms with Crippen LogP contribution in [0.3, 0.4) is 0 Å². The highest BCUT2D eigenvalue weighted by Gasteiger charge is 2.36. The minimum absolute atomic E-state index is 0.0542. The number of carbonyl (C=O) groups is 1. The second kappa shape index (κ2) is 5.82. The van der Waals surface area contributed by atoms with Gasteiger partial charge in [-0.2, -0.15) is 3.89 Å². The van der Waals surface area contributed by atoms with Gasteiger partial charge in [0.25, 0.3) is 0 Å². The standard InChI is InChI=1S/C12H17ClN2O2S/c1-8(2)18-15(3,12(14)16)9-5-6-11(17-4)10(13)7-9/h5-8H,1-4H3,(H-,14,16)/p+1. The van der Waals surface area contributed by atoms with Crippen LogP contribution < -0.4 is 14.4 Å². The average molecular weight is 290 g/mol. The van der Waals surface area contributed by atoms with Crippen molar-refractivity contribution in [3.63, 3.8) is 0 Å². The summed E-state index contributed by atoms with van der Waals surface area (Å²) in [5, 5.41) is 0.716. The van der Waals surface area contributed by atoms with Crippen molar-refractivity contribution in [2.75, 3.05) is 14.2 Å². The minimum Gasteiger partial charge on any atom is -0.495 e. The molecular weight excluding hydrogens is 272 g/mol. The van der Waals surface area contributed by atoms with Gasteiger partial charge in [0.1, 0.15) is 5.75 Å². The van der Waals surface area contributed by atoms with Crippen molar-refractivity contribution in [2.45, 2.75) is 19.1 Å². The highest BCUT2D eigenvalue weighted by atomic mass is 35.5. The SMILES string of the molecule is COc1ccc([N+](C)(SC(C)C)C(N)=O)cc1Cl. The Kier molecular flexibility index (Phi) is 4.90. The lowest BCUT2D eigenvalue weighted by Gasteiger charge is -2.28. The van der Waals surface area contributed by atoms with Crippen molar-refractivity contribution in [1.82, 2.24) is 3.89 Å². The minimum atomic E-state index is -0.435. The van der Waals surface area contributed by atoms with Gasteiger partial charge >= 0.3 is 6.03 Å². The number of halogens is 1. The zero-order chi connectivity index (χ0) is 13.9. The van der Waals surface area contributed by atoms with Crippen LogP contribution in [0.4, 0.5) is 10.5 Å². The Balaban J connectivity index is 3.22. The van der Waals surface area contributed by atoms with Crippen LogP contribution in [0.15, 0.2) is 18.2 Å². The van der Waals surface area contributed by atoms with E-state index in [0.717, 1.165) is 5.69 Å². The summed E-state index contributed by atoms with van der Waals surface area (Å²) in [4.78, 5) is 11.7. The molecule has 0 aliphatic rings. The maximum atomic E-state index is 11.7. The molecule has 0 bridgehead atoms. The first-order valence-electron chi connectivity index (χ1n) is 5.50. The molecule has 6 heteroatoms. The molecule has 0 aromatic heterocycles. The first-order valence-corrected chi connectivity index (χ1v) is 6.71. The topological polar surface area (TPSA) is 52.3 Å². The third-order valence-corrected chi connectivity index (χ3v) is 4.00. The summed E-state index contributed by atoms with van der Waals surface area (Å²) in [6.45, 7) is 4.02. The molecule has 1 aromatic carbocycles. The fourth-order valence-electron chi connectivity index (χ4n) is 1.58. The fraction of sp³-hybridized carbons (Fsp3) is 0.417. The summed E-state index contributed by atoms with van der Waals surface area (Å²) in [5.41, 5.74) is 6.24. The van der Waals surface area contributed by atoms with Crippen molar-refractivity contribution >= 4 is 35.3 Å². The zero-order valence-electron chi connectivity index (χ0n) is 10.9. The normalized spacial score (nSPS) is 14.3. The maximum Gasteiger partial charge on any atom is 0.430 e. The number of nitrogens with zero attached hydrogens (tertiary/aromatic N) is 1. The summed E-state index contributed by atoms with van der Waals surface area (Å²) in [6, 6.07) is 4.80. The molecule has 0 radical (unpaired) electrons. The smallest absolute Gasteiger partial charge is 0.430 e. The van der Waals surface area contributed by atoms with E-state index in [-0.39, 0.29) is 9.14 Å². The highest BCUT2D eigenvalue weighted by molar-refractivity contribution is 7.99.